The molecule has 7 heteroatoms. The van der Waals surface area contributed by atoms with Gasteiger partial charge in [-0.1, -0.05) is 17.7 Å². The Kier molecular flexibility index (Phi) is 4.46. The average molecular weight is 413 g/mol. The second kappa shape index (κ2) is 7.19. The van der Waals surface area contributed by atoms with Gasteiger partial charge in [-0.3, -0.25) is 14.2 Å². The number of amides is 1. The van der Waals surface area contributed by atoms with Crippen molar-refractivity contribution in [1.82, 2.24) is 19.1 Å². The van der Waals surface area contributed by atoms with E-state index in [0.717, 1.165) is 40.8 Å². The van der Waals surface area contributed by atoms with E-state index in [2.05, 4.69) is 51.0 Å². The number of aromatic nitrogens is 4. The van der Waals surface area contributed by atoms with E-state index in [1.54, 1.807) is 16.8 Å². The molecule has 1 aromatic carbocycles. The lowest BCUT2D eigenvalue weighted by molar-refractivity contribution is 0.102. The lowest BCUT2D eigenvalue weighted by Gasteiger charge is -2.10. The van der Waals surface area contributed by atoms with Gasteiger partial charge < -0.3 is 9.88 Å². The van der Waals surface area contributed by atoms with E-state index in [-0.39, 0.29) is 17.5 Å². The molecule has 0 bridgehead atoms. The first-order chi connectivity index (χ1) is 14.9. The maximum Gasteiger partial charge on any atom is 0.258 e. The van der Waals surface area contributed by atoms with Crippen LogP contribution < -0.4 is 10.9 Å². The summed E-state index contributed by atoms with van der Waals surface area (Å²) in [7, 11) is 0. The number of aryl methyl sites for hydroxylation is 2. The van der Waals surface area contributed by atoms with Gasteiger partial charge in [0, 0.05) is 29.7 Å². The van der Waals surface area contributed by atoms with Gasteiger partial charge in [0.25, 0.3) is 11.5 Å². The van der Waals surface area contributed by atoms with Crippen molar-refractivity contribution in [2.24, 2.45) is 0 Å². The van der Waals surface area contributed by atoms with Gasteiger partial charge in [0.05, 0.1) is 10.9 Å². The molecule has 0 aliphatic heterocycles. The number of hydrogen-bond acceptors (Lipinski definition) is 4. The van der Waals surface area contributed by atoms with Crippen LogP contribution in [0, 0.1) is 20.8 Å². The summed E-state index contributed by atoms with van der Waals surface area (Å²) in [6.45, 7) is 6.10. The van der Waals surface area contributed by atoms with Crippen LogP contribution in [0.4, 0.5) is 5.82 Å². The number of carbonyl (C=O) groups excluding carboxylic acids is 1. The summed E-state index contributed by atoms with van der Waals surface area (Å²) in [5.74, 6) is 0.167. The van der Waals surface area contributed by atoms with Crippen molar-refractivity contribution in [3.05, 3.63) is 81.7 Å². The van der Waals surface area contributed by atoms with E-state index in [0.29, 0.717) is 11.4 Å². The standard InChI is InChI=1S/C24H23N5O2/c1-14-4-7-19(8-5-14)29-16(3)15(2)21-22(25-13-26-23(21)29)27-24(31)17-6-11-20(30)28(12-17)18-9-10-18/h4-8,11-13,18H,9-10H2,1-3H3,(H,25,26,27,31). The first kappa shape index (κ1) is 19.2. The van der Waals surface area contributed by atoms with Crippen molar-refractivity contribution in [3.8, 4) is 5.69 Å². The Morgan fingerprint density at radius 2 is 1.77 bits per heavy atom. The quantitative estimate of drug-likeness (QED) is 0.546. The van der Waals surface area contributed by atoms with Gasteiger partial charge in [-0.05, 0) is 57.4 Å². The molecule has 0 radical (unpaired) electrons. The minimum absolute atomic E-state index is 0.0786. The van der Waals surface area contributed by atoms with Crippen molar-refractivity contribution >= 4 is 22.8 Å². The molecule has 156 valence electrons. The van der Waals surface area contributed by atoms with Gasteiger partial charge in [0.15, 0.2) is 5.65 Å². The molecular formula is C24H23N5O2. The molecule has 4 aromatic rings. The molecule has 31 heavy (non-hydrogen) atoms. The van der Waals surface area contributed by atoms with E-state index in [1.165, 1.54) is 18.0 Å². The third-order valence-corrected chi connectivity index (χ3v) is 5.96. The fourth-order valence-electron chi connectivity index (χ4n) is 3.96. The average Bonchev–Trinajstić information content (AvgIpc) is 3.57. The normalized spacial score (nSPS) is 13.5. The van der Waals surface area contributed by atoms with Crippen molar-refractivity contribution in [2.75, 3.05) is 5.32 Å². The Balaban J connectivity index is 1.56. The molecule has 1 aliphatic rings. The highest BCUT2D eigenvalue weighted by Gasteiger charge is 2.25. The molecule has 0 unspecified atom stereocenters. The SMILES string of the molecule is Cc1ccc(-n2c(C)c(C)c3c(NC(=O)c4ccc(=O)n(C5CC5)c4)ncnc32)cc1. The van der Waals surface area contributed by atoms with E-state index in [4.69, 9.17) is 0 Å². The zero-order valence-electron chi connectivity index (χ0n) is 17.7. The maximum atomic E-state index is 13.0. The molecule has 5 rings (SSSR count). The lowest BCUT2D eigenvalue weighted by Crippen LogP contribution is -2.21. The second-order valence-corrected chi connectivity index (χ2v) is 8.15. The molecule has 0 spiro atoms. The van der Waals surface area contributed by atoms with Gasteiger partial charge in [0.2, 0.25) is 0 Å². The van der Waals surface area contributed by atoms with Gasteiger partial charge in [-0.15, -0.1) is 0 Å². The molecule has 0 saturated heterocycles. The van der Waals surface area contributed by atoms with Crippen LogP contribution in [0.15, 0.2) is 53.7 Å². The fourth-order valence-corrected chi connectivity index (χ4v) is 3.96. The fraction of sp³-hybridized carbons (Fsp3) is 0.250. The molecule has 0 atom stereocenters. The van der Waals surface area contributed by atoms with Crippen LogP contribution in [-0.2, 0) is 0 Å². The van der Waals surface area contributed by atoms with E-state index in [9.17, 15) is 9.59 Å². The Morgan fingerprint density at radius 1 is 1.03 bits per heavy atom. The summed E-state index contributed by atoms with van der Waals surface area (Å²) in [5, 5.41) is 3.74. The topological polar surface area (TPSA) is 81.8 Å². The van der Waals surface area contributed by atoms with E-state index in [1.807, 2.05) is 13.8 Å². The molecule has 1 saturated carbocycles. The first-order valence-corrected chi connectivity index (χ1v) is 10.4. The third kappa shape index (κ3) is 3.32. The number of hydrogen-bond donors (Lipinski definition) is 1. The predicted molar refractivity (Wildman–Crippen MR) is 120 cm³/mol. The smallest absolute Gasteiger partial charge is 0.258 e. The van der Waals surface area contributed by atoms with Gasteiger partial charge in [0.1, 0.15) is 12.1 Å². The van der Waals surface area contributed by atoms with Crippen molar-refractivity contribution < 1.29 is 4.79 Å². The van der Waals surface area contributed by atoms with Crippen LogP contribution in [0.1, 0.15) is 46.1 Å². The summed E-state index contributed by atoms with van der Waals surface area (Å²) in [4.78, 5) is 33.9. The zero-order chi connectivity index (χ0) is 21.7. The van der Waals surface area contributed by atoms with Crippen LogP contribution in [0.3, 0.4) is 0 Å². The molecular weight excluding hydrogens is 390 g/mol. The Bertz CT molecular complexity index is 1380. The third-order valence-electron chi connectivity index (χ3n) is 5.96. The van der Waals surface area contributed by atoms with Crippen LogP contribution in [0.5, 0.6) is 0 Å². The van der Waals surface area contributed by atoms with Crippen LogP contribution >= 0.6 is 0 Å². The molecule has 7 nitrogen and oxygen atoms in total. The Labute approximate surface area is 179 Å². The molecule has 1 fully saturated rings. The van der Waals surface area contributed by atoms with Crippen LogP contribution in [-0.4, -0.2) is 25.0 Å². The van der Waals surface area contributed by atoms with Gasteiger partial charge in [-0.2, -0.15) is 0 Å². The Hall–Kier alpha value is -3.74. The molecule has 3 aromatic heterocycles. The summed E-state index contributed by atoms with van der Waals surface area (Å²) in [6, 6.07) is 11.5. The monoisotopic (exact) mass is 413 g/mol. The highest BCUT2D eigenvalue weighted by Crippen LogP contribution is 2.34. The highest BCUT2D eigenvalue weighted by molar-refractivity contribution is 6.08. The summed E-state index contributed by atoms with van der Waals surface area (Å²) >= 11 is 0. The number of anilines is 1. The van der Waals surface area contributed by atoms with E-state index >= 15 is 0 Å². The van der Waals surface area contributed by atoms with Crippen LogP contribution in [0.25, 0.3) is 16.7 Å². The minimum Gasteiger partial charge on any atom is -0.312 e. The predicted octanol–water partition coefficient (Wildman–Crippen LogP) is 4.09. The van der Waals surface area contributed by atoms with Gasteiger partial charge >= 0.3 is 0 Å². The summed E-state index contributed by atoms with van der Waals surface area (Å²) in [5.41, 5.74) is 5.34. The number of nitrogens with one attached hydrogen (secondary N) is 1. The number of fused-ring (bicyclic) bond motifs is 1. The zero-order valence-corrected chi connectivity index (χ0v) is 17.7. The number of rotatable bonds is 4. The van der Waals surface area contributed by atoms with Crippen LogP contribution in [0.2, 0.25) is 0 Å². The number of pyridine rings is 1. The number of benzene rings is 1. The van der Waals surface area contributed by atoms with Gasteiger partial charge in [-0.25, -0.2) is 9.97 Å². The minimum atomic E-state index is -0.297. The molecule has 1 amide bonds. The number of nitrogens with zero attached hydrogens (tertiary/aromatic N) is 4. The largest absolute Gasteiger partial charge is 0.312 e. The molecule has 1 N–H and O–H groups in total. The molecule has 1 aliphatic carbocycles. The van der Waals surface area contributed by atoms with Crippen molar-refractivity contribution in [3.63, 3.8) is 0 Å². The summed E-state index contributed by atoms with van der Waals surface area (Å²) in [6.07, 6.45) is 5.06. The maximum absolute atomic E-state index is 13.0. The Morgan fingerprint density at radius 3 is 2.48 bits per heavy atom. The van der Waals surface area contributed by atoms with Crippen molar-refractivity contribution in [2.45, 2.75) is 39.7 Å². The molecule has 3 heterocycles. The number of carbonyl (C=O) groups is 1. The lowest BCUT2D eigenvalue weighted by atomic mass is 10.2. The first-order valence-electron chi connectivity index (χ1n) is 10.4. The van der Waals surface area contributed by atoms with Crippen molar-refractivity contribution in [1.29, 1.82) is 0 Å². The second-order valence-electron chi connectivity index (χ2n) is 8.15. The van der Waals surface area contributed by atoms with E-state index < -0.39 is 0 Å². The summed E-state index contributed by atoms with van der Waals surface area (Å²) < 4.78 is 3.72. The highest BCUT2D eigenvalue weighted by atomic mass is 16.2.